The van der Waals surface area contributed by atoms with Crippen molar-refractivity contribution in [3.8, 4) is 0 Å². The Kier molecular flexibility index (Phi) is 6.49. The fourth-order valence-corrected chi connectivity index (χ4v) is 5.51. The Hall–Kier alpha value is -0.700. The molecule has 24 heavy (non-hydrogen) atoms. The maximum Gasteiger partial charge on any atom is 0.123 e. The van der Waals surface area contributed by atoms with E-state index in [1.165, 1.54) is 63.9 Å². The quantitative estimate of drug-likeness (QED) is 0.701. The van der Waals surface area contributed by atoms with Gasteiger partial charge >= 0.3 is 0 Å². The minimum Gasteiger partial charge on any atom is -0.303 e. The molecule has 3 saturated carbocycles. The Balaban J connectivity index is 1.67. The molecular weight excluding hydrogens is 298 g/mol. The number of carbonyl (C=O) groups is 2. The van der Waals surface area contributed by atoms with Gasteiger partial charge in [-0.25, -0.2) is 0 Å². The highest BCUT2D eigenvalue weighted by Gasteiger charge is 2.37. The van der Waals surface area contributed by atoms with E-state index in [0.717, 1.165) is 37.6 Å². The average Bonchev–Trinajstić information content (AvgIpc) is 2.64. The predicted molar refractivity (Wildman–Crippen MR) is 96.9 cm³/mol. The van der Waals surface area contributed by atoms with Crippen LogP contribution in [-0.4, -0.2) is 35.6 Å². The van der Waals surface area contributed by atoms with Crippen LogP contribution in [0.1, 0.15) is 84.0 Å². The van der Waals surface area contributed by atoms with E-state index < -0.39 is 0 Å². The maximum absolute atomic E-state index is 11.1. The van der Waals surface area contributed by atoms with Crippen LogP contribution in [0.2, 0.25) is 0 Å². The van der Waals surface area contributed by atoms with Gasteiger partial charge in [-0.1, -0.05) is 6.92 Å². The van der Waals surface area contributed by atoms with Crippen LogP contribution in [0.15, 0.2) is 0 Å². The number of hydrogen-bond donors (Lipinski definition) is 0. The first-order valence-electron chi connectivity index (χ1n) is 10.4. The van der Waals surface area contributed by atoms with Gasteiger partial charge in [0.05, 0.1) is 0 Å². The Morgan fingerprint density at radius 1 is 0.583 bits per heavy atom. The maximum atomic E-state index is 11.1. The van der Waals surface area contributed by atoms with E-state index in [4.69, 9.17) is 0 Å². The summed E-state index contributed by atoms with van der Waals surface area (Å²) in [6.07, 6.45) is 16.9. The van der Waals surface area contributed by atoms with Crippen molar-refractivity contribution in [3.63, 3.8) is 0 Å². The lowest BCUT2D eigenvalue weighted by atomic mass is 9.78. The Morgan fingerprint density at radius 2 is 0.917 bits per heavy atom. The summed E-state index contributed by atoms with van der Waals surface area (Å²) in [6.45, 7) is 2.39. The Bertz CT molecular complexity index is 372. The molecule has 0 amide bonds. The zero-order valence-corrected chi connectivity index (χ0v) is 15.4. The first-order valence-corrected chi connectivity index (χ1v) is 10.4. The van der Waals surface area contributed by atoms with Crippen LogP contribution in [0, 0.1) is 17.8 Å². The molecule has 0 saturated heterocycles. The van der Waals surface area contributed by atoms with Crippen molar-refractivity contribution in [2.45, 2.75) is 102 Å². The van der Waals surface area contributed by atoms with Gasteiger partial charge < -0.3 is 9.59 Å². The van der Waals surface area contributed by atoms with Crippen molar-refractivity contribution >= 4 is 12.6 Å². The summed E-state index contributed by atoms with van der Waals surface area (Å²) in [4.78, 5) is 25.1. The molecule has 0 atom stereocenters. The molecule has 3 aliphatic rings. The van der Waals surface area contributed by atoms with Crippen molar-refractivity contribution < 1.29 is 9.59 Å². The van der Waals surface area contributed by atoms with Crippen molar-refractivity contribution in [2.24, 2.45) is 17.8 Å². The molecule has 0 aromatic carbocycles. The van der Waals surface area contributed by atoms with Crippen LogP contribution < -0.4 is 0 Å². The lowest BCUT2D eigenvalue weighted by molar-refractivity contribution is -0.112. The smallest absolute Gasteiger partial charge is 0.123 e. The summed E-state index contributed by atoms with van der Waals surface area (Å²) in [5.41, 5.74) is 0. The van der Waals surface area contributed by atoms with Crippen molar-refractivity contribution in [1.82, 2.24) is 4.90 Å². The topological polar surface area (TPSA) is 37.4 Å². The molecule has 0 aromatic heterocycles. The van der Waals surface area contributed by atoms with Gasteiger partial charge in [-0.05, 0) is 83.0 Å². The predicted octanol–water partition coefficient (Wildman–Crippen LogP) is 4.38. The van der Waals surface area contributed by atoms with Gasteiger partial charge in [0.25, 0.3) is 0 Å². The molecule has 0 aliphatic heterocycles. The largest absolute Gasteiger partial charge is 0.303 e. The van der Waals surface area contributed by atoms with Gasteiger partial charge in [0.15, 0.2) is 0 Å². The van der Waals surface area contributed by atoms with Crippen molar-refractivity contribution in [1.29, 1.82) is 0 Å². The van der Waals surface area contributed by atoms with Gasteiger partial charge in [0.2, 0.25) is 0 Å². The number of aldehydes is 2. The molecule has 0 bridgehead atoms. The number of carbonyl (C=O) groups excluding carboxylic acids is 2. The normalized spacial score (nSPS) is 41.1. The van der Waals surface area contributed by atoms with Gasteiger partial charge in [-0.3, -0.25) is 4.90 Å². The third-order valence-corrected chi connectivity index (χ3v) is 7.12. The van der Waals surface area contributed by atoms with Crippen LogP contribution in [-0.2, 0) is 9.59 Å². The van der Waals surface area contributed by atoms with Crippen LogP contribution in [0.4, 0.5) is 0 Å². The van der Waals surface area contributed by atoms with E-state index in [2.05, 4.69) is 11.8 Å². The summed E-state index contributed by atoms with van der Waals surface area (Å²) in [7, 11) is 0. The molecule has 3 heteroatoms. The monoisotopic (exact) mass is 333 g/mol. The van der Waals surface area contributed by atoms with E-state index in [-0.39, 0.29) is 0 Å². The van der Waals surface area contributed by atoms with E-state index >= 15 is 0 Å². The fourth-order valence-electron chi connectivity index (χ4n) is 5.51. The fraction of sp³-hybridized carbons (Fsp3) is 0.905. The molecule has 136 valence electrons. The van der Waals surface area contributed by atoms with Crippen LogP contribution in [0.3, 0.4) is 0 Å². The third kappa shape index (κ3) is 4.28. The molecule has 0 heterocycles. The zero-order chi connectivity index (χ0) is 16.9. The lowest BCUT2D eigenvalue weighted by Gasteiger charge is -2.49. The molecule has 3 nitrogen and oxygen atoms in total. The lowest BCUT2D eigenvalue weighted by Crippen LogP contribution is -2.52. The van der Waals surface area contributed by atoms with Gasteiger partial charge in [-0.15, -0.1) is 0 Å². The van der Waals surface area contributed by atoms with E-state index in [1.807, 2.05) is 0 Å². The number of hydrogen-bond acceptors (Lipinski definition) is 3. The second-order valence-corrected chi connectivity index (χ2v) is 8.77. The Labute approximate surface area is 147 Å². The van der Waals surface area contributed by atoms with Crippen molar-refractivity contribution in [3.05, 3.63) is 0 Å². The Morgan fingerprint density at radius 3 is 1.25 bits per heavy atom. The van der Waals surface area contributed by atoms with Crippen LogP contribution >= 0.6 is 0 Å². The molecule has 0 radical (unpaired) electrons. The van der Waals surface area contributed by atoms with Gasteiger partial charge in [0, 0.05) is 30.0 Å². The second-order valence-electron chi connectivity index (χ2n) is 8.77. The molecule has 3 aliphatic carbocycles. The van der Waals surface area contributed by atoms with Gasteiger partial charge in [-0.2, -0.15) is 0 Å². The SMILES string of the molecule is CC1CCC(N(C2CCC(C=O)CC2)C2CCC(C=O)CC2)CC1. The first-order chi connectivity index (χ1) is 11.7. The molecule has 0 aromatic rings. The van der Waals surface area contributed by atoms with Crippen molar-refractivity contribution in [2.75, 3.05) is 0 Å². The highest BCUT2D eigenvalue weighted by Crippen LogP contribution is 2.38. The first kappa shape index (κ1) is 18.1. The van der Waals surface area contributed by atoms with Crippen LogP contribution in [0.5, 0.6) is 0 Å². The van der Waals surface area contributed by atoms with Gasteiger partial charge in [0.1, 0.15) is 12.6 Å². The minimum absolute atomic E-state index is 0.306. The van der Waals surface area contributed by atoms with E-state index in [1.54, 1.807) is 0 Å². The number of nitrogens with zero attached hydrogens (tertiary/aromatic N) is 1. The zero-order valence-electron chi connectivity index (χ0n) is 15.4. The number of rotatable bonds is 5. The summed E-state index contributed by atoms with van der Waals surface area (Å²) in [6, 6.07) is 2.10. The summed E-state index contributed by atoms with van der Waals surface area (Å²) in [5.74, 6) is 1.50. The molecule has 3 fully saturated rings. The third-order valence-electron chi connectivity index (χ3n) is 7.12. The van der Waals surface area contributed by atoms with E-state index in [0.29, 0.717) is 23.9 Å². The average molecular weight is 334 g/mol. The molecule has 0 spiro atoms. The highest BCUT2D eigenvalue weighted by molar-refractivity contribution is 5.54. The minimum atomic E-state index is 0.306. The molecular formula is C21H35NO2. The molecule has 0 N–H and O–H groups in total. The standard InChI is InChI=1S/C21H35NO2/c1-16-2-8-19(9-3-16)22(20-10-4-17(14-23)5-11-20)21-12-6-18(15-24)7-13-21/h14-21H,2-13H2,1H3. The van der Waals surface area contributed by atoms with Crippen LogP contribution in [0.25, 0.3) is 0 Å². The van der Waals surface area contributed by atoms with E-state index in [9.17, 15) is 9.59 Å². The molecule has 3 rings (SSSR count). The highest BCUT2D eigenvalue weighted by atomic mass is 16.1. The summed E-state index contributed by atoms with van der Waals surface area (Å²) in [5, 5.41) is 0. The second kappa shape index (κ2) is 8.60. The summed E-state index contributed by atoms with van der Waals surface area (Å²) < 4.78 is 0. The summed E-state index contributed by atoms with van der Waals surface area (Å²) >= 11 is 0. The molecule has 0 unspecified atom stereocenters.